The van der Waals surface area contributed by atoms with Gasteiger partial charge in [0.1, 0.15) is 12.7 Å². The molecule has 1 aliphatic carbocycles. The number of carboxylic acid groups (broad SMARTS) is 1. The van der Waals surface area contributed by atoms with Crippen molar-refractivity contribution in [2.75, 3.05) is 0 Å². The quantitative estimate of drug-likeness (QED) is 0.769. The molecule has 0 spiro atoms. The van der Waals surface area contributed by atoms with Crippen LogP contribution in [0.2, 0.25) is 0 Å². The van der Waals surface area contributed by atoms with E-state index in [1.165, 1.54) is 6.33 Å². The highest BCUT2D eigenvalue weighted by Gasteiger charge is 2.30. The Bertz CT molecular complexity index is 461. The van der Waals surface area contributed by atoms with Gasteiger partial charge in [0.2, 0.25) is 5.91 Å². The summed E-state index contributed by atoms with van der Waals surface area (Å²) in [5, 5.41) is 16.2. The Morgan fingerprint density at radius 2 is 2.10 bits per heavy atom. The van der Waals surface area contributed by atoms with Crippen LogP contribution in [-0.4, -0.2) is 37.8 Å². The SMILES string of the molecule is O=C(CCCn1cncn1)N[C@@H]1CCCCC[C@H]1C(=O)O. The van der Waals surface area contributed by atoms with Crippen molar-refractivity contribution in [1.82, 2.24) is 20.1 Å². The molecule has 1 aromatic rings. The average molecular weight is 294 g/mol. The molecule has 0 radical (unpaired) electrons. The number of nitrogens with one attached hydrogen (secondary N) is 1. The predicted octanol–water partition coefficient (Wildman–Crippen LogP) is 1.21. The number of aromatic nitrogens is 3. The van der Waals surface area contributed by atoms with Crippen molar-refractivity contribution in [3.63, 3.8) is 0 Å². The highest BCUT2D eigenvalue weighted by atomic mass is 16.4. The first-order chi connectivity index (χ1) is 10.2. The van der Waals surface area contributed by atoms with Crippen LogP contribution in [0.25, 0.3) is 0 Å². The smallest absolute Gasteiger partial charge is 0.308 e. The number of carbonyl (C=O) groups is 2. The zero-order valence-corrected chi connectivity index (χ0v) is 12.1. The molecule has 21 heavy (non-hydrogen) atoms. The van der Waals surface area contributed by atoms with E-state index in [9.17, 15) is 14.7 Å². The van der Waals surface area contributed by atoms with Crippen LogP contribution in [0.5, 0.6) is 0 Å². The molecule has 116 valence electrons. The highest BCUT2D eigenvalue weighted by molar-refractivity contribution is 5.78. The largest absolute Gasteiger partial charge is 0.481 e. The molecule has 2 atom stereocenters. The van der Waals surface area contributed by atoms with Gasteiger partial charge in [0.05, 0.1) is 5.92 Å². The fraction of sp³-hybridized carbons (Fsp3) is 0.714. The number of aliphatic carboxylic acids is 1. The number of rotatable bonds is 6. The van der Waals surface area contributed by atoms with Crippen molar-refractivity contribution in [2.45, 2.75) is 57.5 Å². The molecule has 1 aromatic heterocycles. The number of carbonyl (C=O) groups excluding carboxylic acids is 1. The van der Waals surface area contributed by atoms with E-state index in [0.717, 1.165) is 25.7 Å². The summed E-state index contributed by atoms with van der Waals surface area (Å²) in [4.78, 5) is 27.1. The van der Waals surface area contributed by atoms with Gasteiger partial charge in [-0.1, -0.05) is 19.3 Å². The minimum Gasteiger partial charge on any atom is -0.481 e. The van der Waals surface area contributed by atoms with Gasteiger partial charge in [0.25, 0.3) is 0 Å². The topological polar surface area (TPSA) is 97.1 Å². The van der Waals surface area contributed by atoms with E-state index in [1.54, 1.807) is 11.0 Å². The van der Waals surface area contributed by atoms with Gasteiger partial charge in [-0.25, -0.2) is 4.98 Å². The summed E-state index contributed by atoms with van der Waals surface area (Å²) in [6.07, 6.45) is 8.48. The molecule has 1 amide bonds. The number of amides is 1. The van der Waals surface area contributed by atoms with Gasteiger partial charge >= 0.3 is 5.97 Å². The number of hydrogen-bond donors (Lipinski definition) is 2. The van der Waals surface area contributed by atoms with Crippen LogP contribution in [0, 0.1) is 5.92 Å². The van der Waals surface area contributed by atoms with Crippen LogP contribution >= 0.6 is 0 Å². The van der Waals surface area contributed by atoms with Crippen LogP contribution in [0.15, 0.2) is 12.7 Å². The zero-order valence-electron chi connectivity index (χ0n) is 12.1. The Morgan fingerprint density at radius 1 is 1.29 bits per heavy atom. The third kappa shape index (κ3) is 4.84. The summed E-state index contributed by atoms with van der Waals surface area (Å²) in [5.74, 6) is -1.33. The summed E-state index contributed by atoms with van der Waals surface area (Å²) in [6, 6.07) is -0.233. The van der Waals surface area contributed by atoms with Gasteiger partial charge in [-0.3, -0.25) is 14.3 Å². The molecule has 2 rings (SSSR count). The maximum absolute atomic E-state index is 12.0. The first-order valence-electron chi connectivity index (χ1n) is 7.51. The molecule has 1 fully saturated rings. The van der Waals surface area contributed by atoms with Gasteiger partial charge < -0.3 is 10.4 Å². The van der Waals surface area contributed by atoms with E-state index < -0.39 is 11.9 Å². The molecule has 2 N–H and O–H groups in total. The molecular weight excluding hydrogens is 272 g/mol. The molecule has 0 aliphatic heterocycles. The van der Waals surface area contributed by atoms with E-state index >= 15 is 0 Å². The van der Waals surface area contributed by atoms with Crippen LogP contribution in [-0.2, 0) is 16.1 Å². The lowest BCUT2D eigenvalue weighted by Gasteiger charge is -2.22. The summed E-state index contributed by atoms with van der Waals surface area (Å²) >= 11 is 0. The lowest BCUT2D eigenvalue weighted by Crippen LogP contribution is -2.42. The third-order valence-corrected chi connectivity index (χ3v) is 3.94. The Morgan fingerprint density at radius 3 is 2.81 bits per heavy atom. The van der Waals surface area contributed by atoms with Gasteiger partial charge in [0, 0.05) is 19.0 Å². The van der Waals surface area contributed by atoms with Crippen molar-refractivity contribution in [3.05, 3.63) is 12.7 Å². The van der Waals surface area contributed by atoms with Crippen molar-refractivity contribution >= 4 is 11.9 Å². The molecule has 1 aliphatic rings. The van der Waals surface area contributed by atoms with Crippen LogP contribution in [0.4, 0.5) is 0 Å². The minimum atomic E-state index is -0.801. The lowest BCUT2D eigenvalue weighted by molar-refractivity contribution is -0.143. The number of hydrogen-bond acceptors (Lipinski definition) is 4. The van der Waals surface area contributed by atoms with E-state index in [2.05, 4.69) is 15.4 Å². The van der Waals surface area contributed by atoms with Crippen LogP contribution in [0.3, 0.4) is 0 Å². The normalized spacial score (nSPS) is 22.5. The number of nitrogens with zero attached hydrogens (tertiary/aromatic N) is 3. The summed E-state index contributed by atoms with van der Waals surface area (Å²) < 4.78 is 1.68. The average Bonchev–Trinajstić information content (AvgIpc) is 2.84. The van der Waals surface area contributed by atoms with Gasteiger partial charge in [-0.2, -0.15) is 5.10 Å². The summed E-state index contributed by atoms with van der Waals surface area (Å²) in [7, 11) is 0. The molecule has 0 aromatic carbocycles. The molecule has 1 heterocycles. The maximum Gasteiger partial charge on any atom is 0.308 e. The lowest BCUT2D eigenvalue weighted by atomic mass is 9.94. The first kappa shape index (κ1) is 15.5. The van der Waals surface area contributed by atoms with E-state index in [1.807, 2.05) is 0 Å². The number of aryl methyl sites for hydroxylation is 1. The monoisotopic (exact) mass is 294 g/mol. The predicted molar refractivity (Wildman–Crippen MR) is 75.4 cm³/mol. The summed E-state index contributed by atoms with van der Waals surface area (Å²) in [6.45, 7) is 0.639. The Kier molecular flexibility index (Phi) is 5.71. The van der Waals surface area contributed by atoms with E-state index in [0.29, 0.717) is 25.8 Å². The fourth-order valence-corrected chi connectivity index (χ4v) is 2.80. The molecule has 1 saturated carbocycles. The highest BCUT2D eigenvalue weighted by Crippen LogP contribution is 2.24. The second-order valence-electron chi connectivity index (χ2n) is 5.52. The first-order valence-corrected chi connectivity index (χ1v) is 7.51. The van der Waals surface area contributed by atoms with Crippen molar-refractivity contribution < 1.29 is 14.7 Å². The maximum atomic E-state index is 12.0. The van der Waals surface area contributed by atoms with E-state index in [4.69, 9.17) is 0 Å². The second kappa shape index (κ2) is 7.75. The standard InChI is InChI=1S/C14H22N4O3/c19-13(7-4-8-18-10-15-9-16-18)17-12-6-3-1-2-5-11(12)14(20)21/h9-12H,1-8H2,(H,17,19)(H,20,21)/t11-,12-/m1/s1. The van der Waals surface area contributed by atoms with Crippen molar-refractivity contribution in [2.24, 2.45) is 5.92 Å². The van der Waals surface area contributed by atoms with Gasteiger partial charge in [-0.15, -0.1) is 0 Å². The summed E-state index contributed by atoms with van der Waals surface area (Å²) in [5.41, 5.74) is 0. The Hall–Kier alpha value is -1.92. The Labute approximate surface area is 123 Å². The minimum absolute atomic E-state index is 0.0757. The van der Waals surface area contributed by atoms with Crippen LogP contribution < -0.4 is 5.32 Å². The van der Waals surface area contributed by atoms with Gasteiger partial charge in [-0.05, 0) is 19.3 Å². The van der Waals surface area contributed by atoms with Crippen molar-refractivity contribution in [1.29, 1.82) is 0 Å². The van der Waals surface area contributed by atoms with Crippen molar-refractivity contribution in [3.8, 4) is 0 Å². The molecular formula is C14H22N4O3. The van der Waals surface area contributed by atoms with Gasteiger partial charge in [0.15, 0.2) is 0 Å². The second-order valence-corrected chi connectivity index (χ2v) is 5.52. The molecule has 0 bridgehead atoms. The zero-order chi connectivity index (χ0) is 15.1. The molecule has 7 nitrogen and oxygen atoms in total. The molecule has 0 saturated heterocycles. The third-order valence-electron chi connectivity index (χ3n) is 3.94. The number of carboxylic acids is 1. The fourth-order valence-electron chi connectivity index (χ4n) is 2.80. The van der Waals surface area contributed by atoms with Crippen LogP contribution in [0.1, 0.15) is 44.9 Å². The molecule has 7 heteroatoms. The molecule has 0 unspecified atom stereocenters. The Balaban J connectivity index is 1.77. The van der Waals surface area contributed by atoms with E-state index in [-0.39, 0.29) is 11.9 Å².